The van der Waals surface area contributed by atoms with Crippen molar-refractivity contribution < 1.29 is 9.53 Å². The first kappa shape index (κ1) is 24.3. The standard InChI is InChI=1S/C29H30N6O2/c1-20-4-3-5-25(18-20)31-27-21(2)19-30-29(34-27)33-24-8-6-22(7-9-24)28(36)32-23-10-12-26(13-11-23)35-14-16-37-17-15-35/h3-13,18-19H,14-17H2,1-2H3,(H,32,36)(H2,30,31,33,34). The number of ether oxygens (including phenoxy) is 1. The fourth-order valence-corrected chi connectivity index (χ4v) is 4.10. The molecule has 1 amide bonds. The van der Waals surface area contributed by atoms with E-state index >= 15 is 0 Å². The highest BCUT2D eigenvalue weighted by molar-refractivity contribution is 6.04. The van der Waals surface area contributed by atoms with E-state index in [2.05, 4.69) is 49.9 Å². The van der Waals surface area contributed by atoms with Gasteiger partial charge in [-0.1, -0.05) is 12.1 Å². The number of hydrogen-bond acceptors (Lipinski definition) is 7. The number of aryl methyl sites for hydroxylation is 2. The van der Waals surface area contributed by atoms with Crippen LogP contribution in [-0.4, -0.2) is 42.2 Å². The number of carbonyl (C=O) groups is 1. The number of amides is 1. The summed E-state index contributed by atoms with van der Waals surface area (Å²) in [7, 11) is 0. The average molecular weight is 495 g/mol. The van der Waals surface area contributed by atoms with Crippen LogP contribution < -0.4 is 20.9 Å². The minimum absolute atomic E-state index is 0.165. The Hall–Kier alpha value is -4.43. The zero-order valence-corrected chi connectivity index (χ0v) is 21.0. The van der Waals surface area contributed by atoms with Gasteiger partial charge in [0.15, 0.2) is 0 Å². The summed E-state index contributed by atoms with van der Waals surface area (Å²) < 4.78 is 5.41. The second kappa shape index (κ2) is 11.1. The van der Waals surface area contributed by atoms with Crippen molar-refractivity contribution in [2.75, 3.05) is 47.2 Å². The molecule has 8 heteroatoms. The number of nitrogens with one attached hydrogen (secondary N) is 3. The van der Waals surface area contributed by atoms with Crippen LogP contribution in [0.2, 0.25) is 0 Å². The van der Waals surface area contributed by atoms with Gasteiger partial charge in [-0.25, -0.2) is 4.98 Å². The molecule has 1 aliphatic rings. The van der Waals surface area contributed by atoms with Crippen LogP contribution in [0.25, 0.3) is 0 Å². The summed E-state index contributed by atoms with van der Waals surface area (Å²) in [6, 6.07) is 23.3. The number of hydrogen-bond donors (Lipinski definition) is 3. The van der Waals surface area contributed by atoms with Gasteiger partial charge in [0.1, 0.15) is 5.82 Å². The normalized spacial score (nSPS) is 13.2. The predicted octanol–water partition coefficient (Wildman–Crippen LogP) is 5.67. The van der Waals surface area contributed by atoms with E-state index in [0.717, 1.165) is 60.4 Å². The summed E-state index contributed by atoms with van der Waals surface area (Å²) in [5.41, 5.74) is 6.32. The van der Waals surface area contributed by atoms with E-state index in [1.165, 1.54) is 5.56 Å². The van der Waals surface area contributed by atoms with Gasteiger partial charge in [-0.3, -0.25) is 4.79 Å². The van der Waals surface area contributed by atoms with Gasteiger partial charge < -0.3 is 25.6 Å². The topological polar surface area (TPSA) is 91.4 Å². The minimum Gasteiger partial charge on any atom is -0.378 e. The maximum Gasteiger partial charge on any atom is 0.255 e. The Morgan fingerprint density at radius 3 is 2.32 bits per heavy atom. The Bertz CT molecular complexity index is 1370. The molecule has 0 bridgehead atoms. The molecule has 8 nitrogen and oxygen atoms in total. The molecule has 1 aliphatic heterocycles. The zero-order valence-electron chi connectivity index (χ0n) is 21.0. The van der Waals surface area contributed by atoms with Gasteiger partial charge in [0, 0.05) is 53.2 Å². The van der Waals surface area contributed by atoms with Gasteiger partial charge in [0.25, 0.3) is 5.91 Å². The number of morpholine rings is 1. The number of rotatable bonds is 7. The molecule has 0 saturated carbocycles. The fourth-order valence-electron chi connectivity index (χ4n) is 4.10. The highest BCUT2D eigenvalue weighted by Crippen LogP contribution is 2.23. The first-order valence-corrected chi connectivity index (χ1v) is 12.3. The van der Waals surface area contributed by atoms with Gasteiger partial charge >= 0.3 is 0 Å². The smallest absolute Gasteiger partial charge is 0.255 e. The Labute approximate surface area is 216 Å². The number of benzene rings is 3. The molecule has 0 unspecified atom stereocenters. The average Bonchev–Trinajstić information content (AvgIpc) is 2.92. The molecule has 3 aromatic carbocycles. The summed E-state index contributed by atoms with van der Waals surface area (Å²) in [5.74, 6) is 1.04. The van der Waals surface area contributed by atoms with E-state index in [4.69, 9.17) is 4.74 Å². The molecule has 2 heterocycles. The quantitative estimate of drug-likeness (QED) is 0.305. The monoisotopic (exact) mass is 494 g/mol. The lowest BCUT2D eigenvalue weighted by Gasteiger charge is -2.28. The minimum atomic E-state index is -0.165. The SMILES string of the molecule is Cc1cccc(Nc2nc(Nc3ccc(C(=O)Nc4ccc(N5CCOCC5)cc4)cc3)ncc2C)c1. The second-order valence-corrected chi connectivity index (χ2v) is 9.02. The highest BCUT2D eigenvalue weighted by atomic mass is 16.5. The third-order valence-corrected chi connectivity index (χ3v) is 6.16. The molecule has 1 aromatic heterocycles. The lowest BCUT2D eigenvalue weighted by molar-refractivity contribution is 0.102. The van der Waals surface area contributed by atoms with Crippen LogP contribution in [0, 0.1) is 13.8 Å². The maximum absolute atomic E-state index is 12.8. The molecule has 5 rings (SSSR count). The summed E-state index contributed by atoms with van der Waals surface area (Å²) >= 11 is 0. The van der Waals surface area contributed by atoms with Crippen molar-refractivity contribution in [3.05, 3.63) is 95.7 Å². The second-order valence-electron chi connectivity index (χ2n) is 9.02. The van der Waals surface area contributed by atoms with Crippen LogP contribution >= 0.6 is 0 Å². The predicted molar refractivity (Wildman–Crippen MR) is 148 cm³/mol. The molecule has 4 aromatic rings. The van der Waals surface area contributed by atoms with Crippen LogP contribution in [0.3, 0.4) is 0 Å². The van der Waals surface area contributed by atoms with Crippen molar-refractivity contribution in [2.45, 2.75) is 13.8 Å². The van der Waals surface area contributed by atoms with Gasteiger partial charge in [-0.05, 0) is 80.1 Å². The van der Waals surface area contributed by atoms with Crippen LogP contribution in [0.5, 0.6) is 0 Å². The van der Waals surface area contributed by atoms with E-state index in [9.17, 15) is 4.79 Å². The van der Waals surface area contributed by atoms with Gasteiger partial charge in [-0.2, -0.15) is 4.98 Å². The van der Waals surface area contributed by atoms with Crippen LogP contribution in [0.4, 0.5) is 34.5 Å². The zero-order chi connectivity index (χ0) is 25.6. The molecular weight excluding hydrogens is 464 g/mol. The molecule has 3 N–H and O–H groups in total. The summed E-state index contributed by atoms with van der Waals surface area (Å²) in [6.07, 6.45) is 1.78. The van der Waals surface area contributed by atoms with E-state index in [1.54, 1.807) is 18.3 Å². The first-order chi connectivity index (χ1) is 18.0. The molecule has 0 spiro atoms. The van der Waals surface area contributed by atoms with Crippen molar-refractivity contribution in [1.82, 2.24) is 9.97 Å². The van der Waals surface area contributed by atoms with E-state index in [0.29, 0.717) is 11.5 Å². The third-order valence-electron chi connectivity index (χ3n) is 6.16. The van der Waals surface area contributed by atoms with Crippen LogP contribution in [0.15, 0.2) is 79.0 Å². The Kier molecular flexibility index (Phi) is 7.28. The molecule has 37 heavy (non-hydrogen) atoms. The van der Waals surface area contributed by atoms with Gasteiger partial charge in [-0.15, -0.1) is 0 Å². The number of anilines is 6. The molecule has 0 aliphatic carbocycles. The third kappa shape index (κ3) is 6.23. The van der Waals surface area contributed by atoms with E-state index in [1.807, 2.05) is 55.5 Å². The Morgan fingerprint density at radius 2 is 1.59 bits per heavy atom. The summed E-state index contributed by atoms with van der Waals surface area (Å²) in [5, 5.41) is 9.53. The number of carbonyl (C=O) groups excluding carboxylic acids is 1. The molecule has 1 fully saturated rings. The number of aromatic nitrogens is 2. The Morgan fingerprint density at radius 1 is 0.865 bits per heavy atom. The molecule has 0 radical (unpaired) electrons. The van der Waals surface area contributed by atoms with Crippen molar-refractivity contribution in [3.63, 3.8) is 0 Å². The first-order valence-electron chi connectivity index (χ1n) is 12.3. The summed E-state index contributed by atoms with van der Waals surface area (Å²) in [6.45, 7) is 7.26. The van der Waals surface area contributed by atoms with Crippen molar-refractivity contribution >= 4 is 40.4 Å². The van der Waals surface area contributed by atoms with E-state index in [-0.39, 0.29) is 5.91 Å². The van der Waals surface area contributed by atoms with E-state index < -0.39 is 0 Å². The van der Waals surface area contributed by atoms with Gasteiger partial charge in [0.2, 0.25) is 5.95 Å². The lowest BCUT2D eigenvalue weighted by atomic mass is 10.2. The Balaban J connectivity index is 1.20. The largest absolute Gasteiger partial charge is 0.378 e. The van der Waals surface area contributed by atoms with Crippen molar-refractivity contribution in [1.29, 1.82) is 0 Å². The molecule has 0 atom stereocenters. The highest BCUT2D eigenvalue weighted by Gasteiger charge is 2.12. The maximum atomic E-state index is 12.8. The number of nitrogens with zero attached hydrogens (tertiary/aromatic N) is 3. The van der Waals surface area contributed by atoms with Crippen molar-refractivity contribution in [3.8, 4) is 0 Å². The van der Waals surface area contributed by atoms with Crippen LogP contribution in [0.1, 0.15) is 21.5 Å². The molecule has 188 valence electrons. The lowest BCUT2D eigenvalue weighted by Crippen LogP contribution is -2.36. The van der Waals surface area contributed by atoms with Crippen LogP contribution in [-0.2, 0) is 4.74 Å². The molecular formula is C29H30N6O2. The fraction of sp³-hybridized carbons (Fsp3) is 0.207. The van der Waals surface area contributed by atoms with Crippen molar-refractivity contribution in [2.24, 2.45) is 0 Å². The van der Waals surface area contributed by atoms with Gasteiger partial charge in [0.05, 0.1) is 13.2 Å². The molecule has 1 saturated heterocycles. The summed E-state index contributed by atoms with van der Waals surface area (Å²) in [4.78, 5) is 24.1.